The van der Waals surface area contributed by atoms with Gasteiger partial charge >= 0.3 is 0 Å². The number of likely N-dealkylation sites (N-methyl/N-ethyl adjacent to an activating group) is 1. The second-order valence-electron chi connectivity index (χ2n) is 7.40. The van der Waals surface area contributed by atoms with Crippen molar-refractivity contribution in [2.24, 2.45) is 0 Å². The van der Waals surface area contributed by atoms with Crippen LogP contribution in [0.25, 0.3) is 17.5 Å². The van der Waals surface area contributed by atoms with Crippen LogP contribution in [0.5, 0.6) is 5.75 Å². The number of carbonyl (C=O) groups is 2. The maximum atomic E-state index is 11.6. The molecule has 0 radical (unpaired) electrons. The highest BCUT2D eigenvalue weighted by Crippen LogP contribution is 2.26. The smallest absolute Gasteiger partial charge is 0.290 e. The number of carbonyl (C=O) groups excluding carboxylic acids is 2. The summed E-state index contributed by atoms with van der Waals surface area (Å²) in [5.74, 6) is 1.83. The van der Waals surface area contributed by atoms with Gasteiger partial charge in [-0.05, 0) is 61.6 Å². The van der Waals surface area contributed by atoms with E-state index in [1.165, 1.54) is 0 Å². The van der Waals surface area contributed by atoms with Crippen LogP contribution < -0.4 is 10.1 Å². The van der Waals surface area contributed by atoms with Crippen molar-refractivity contribution < 1.29 is 18.7 Å². The molecule has 0 unspecified atom stereocenters. The molecule has 2 heterocycles. The van der Waals surface area contributed by atoms with Crippen molar-refractivity contribution in [1.82, 2.24) is 15.2 Å². The zero-order valence-electron chi connectivity index (χ0n) is 17.8. The summed E-state index contributed by atoms with van der Waals surface area (Å²) in [7, 11) is 2.01. The summed E-state index contributed by atoms with van der Waals surface area (Å²) in [5.41, 5.74) is 2.71. The Morgan fingerprint density at radius 1 is 1.12 bits per heavy atom. The molecule has 32 heavy (non-hydrogen) atoms. The van der Waals surface area contributed by atoms with Crippen molar-refractivity contribution in [3.8, 4) is 17.2 Å². The third-order valence-electron chi connectivity index (χ3n) is 4.89. The van der Waals surface area contributed by atoms with E-state index in [2.05, 4.69) is 15.2 Å². The fraction of sp³-hybridized carbons (Fsp3) is 0.208. The van der Waals surface area contributed by atoms with Gasteiger partial charge in [-0.25, -0.2) is 4.98 Å². The summed E-state index contributed by atoms with van der Waals surface area (Å²) in [6, 6.07) is 17.3. The number of imide groups is 1. The van der Waals surface area contributed by atoms with E-state index in [1.54, 1.807) is 6.08 Å². The normalized spacial score (nSPS) is 14.9. The largest absolute Gasteiger partial charge is 0.492 e. The molecule has 1 aliphatic heterocycles. The number of nitrogens with zero attached hydrogens (tertiary/aromatic N) is 2. The van der Waals surface area contributed by atoms with Crippen LogP contribution in [0.4, 0.5) is 4.79 Å². The minimum absolute atomic E-state index is 0.345. The number of ether oxygens (including phenoxy) is 1. The minimum Gasteiger partial charge on any atom is -0.492 e. The predicted octanol–water partition coefficient (Wildman–Crippen LogP) is 4.48. The van der Waals surface area contributed by atoms with Crippen LogP contribution in [0, 0.1) is 6.92 Å². The maximum absolute atomic E-state index is 11.6. The van der Waals surface area contributed by atoms with Crippen molar-refractivity contribution in [2.75, 3.05) is 20.2 Å². The summed E-state index contributed by atoms with van der Waals surface area (Å²) in [4.78, 5) is 30.0. The van der Waals surface area contributed by atoms with Gasteiger partial charge in [-0.1, -0.05) is 30.3 Å². The van der Waals surface area contributed by atoms with E-state index in [-0.39, 0.29) is 11.1 Å². The lowest BCUT2D eigenvalue weighted by Crippen LogP contribution is -2.24. The molecular formula is C24H23N3O4S. The molecule has 2 amide bonds. The number of amides is 2. The monoisotopic (exact) mass is 449 g/mol. The Morgan fingerprint density at radius 3 is 2.56 bits per heavy atom. The van der Waals surface area contributed by atoms with Crippen LogP contribution in [-0.2, 0) is 11.3 Å². The van der Waals surface area contributed by atoms with Crippen LogP contribution in [-0.4, -0.2) is 41.2 Å². The molecule has 1 N–H and O–H groups in total. The van der Waals surface area contributed by atoms with Gasteiger partial charge in [-0.3, -0.25) is 19.8 Å². The quantitative estimate of drug-likeness (QED) is 0.507. The summed E-state index contributed by atoms with van der Waals surface area (Å²) in [6.45, 7) is 3.83. The Labute approximate surface area is 190 Å². The Bertz CT molecular complexity index is 1140. The lowest BCUT2D eigenvalue weighted by atomic mass is 10.2. The van der Waals surface area contributed by atoms with Crippen LogP contribution in [0.3, 0.4) is 0 Å². The van der Waals surface area contributed by atoms with Crippen molar-refractivity contribution in [3.63, 3.8) is 0 Å². The van der Waals surface area contributed by atoms with Gasteiger partial charge in [-0.15, -0.1) is 0 Å². The SMILES string of the molecule is Cc1oc(-c2ccccc2)nc1CN(C)CCOc1ccc(C=C2SC(=O)NC2=O)cc1. The zero-order valence-corrected chi connectivity index (χ0v) is 18.6. The summed E-state index contributed by atoms with van der Waals surface area (Å²) in [6.07, 6.45) is 1.69. The van der Waals surface area contributed by atoms with Gasteiger partial charge in [0.05, 0.1) is 10.6 Å². The molecule has 3 aromatic rings. The molecule has 8 heteroatoms. The zero-order chi connectivity index (χ0) is 22.5. The summed E-state index contributed by atoms with van der Waals surface area (Å²) in [5, 5.41) is 1.90. The van der Waals surface area contributed by atoms with Crippen LogP contribution in [0.1, 0.15) is 17.0 Å². The highest BCUT2D eigenvalue weighted by Gasteiger charge is 2.24. The molecule has 4 rings (SSSR count). The van der Waals surface area contributed by atoms with Crippen molar-refractivity contribution in [1.29, 1.82) is 0 Å². The standard InChI is InChI=1S/C24H23N3O4S/c1-16-20(25-23(31-16)18-6-4-3-5-7-18)15-27(2)12-13-30-19-10-8-17(9-11-19)14-21-22(28)26-24(29)32-21/h3-11,14H,12-13,15H2,1-2H3,(H,26,28,29). The number of rotatable bonds is 8. The topological polar surface area (TPSA) is 84.7 Å². The molecular weight excluding hydrogens is 426 g/mol. The summed E-state index contributed by atoms with van der Waals surface area (Å²) < 4.78 is 11.7. The average molecular weight is 450 g/mol. The summed E-state index contributed by atoms with van der Waals surface area (Å²) >= 11 is 0.904. The predicted molar refractivity (Wildman–Crippen MR) is 124 cm³/mol. The lowest BCUT2D eigenvalue weighted by molar-refractivity contribution is -0.115. The number of benzene rings is 2. The lowest BCUT2D eigenvalue weighted by Gasteiger charge is -2.16. The highest BCUT2D eigenvalue weighted by molar-refractivity contribution is 8.18. The molecule has 0 bridgehead atoms. The number of aromatic nitrogens is 1. The number of hydrogen-bond donors (Lipinski definition) is 1. The third kappa shape index (κ3) is 5.46. The maximum Gasteiger partial charge on any atom is 0.290 e. The van der Waals surface area contributed by atoms with Gasteiger partial charge in [0, 0.05) is 18.7 Å². The van der Waals surface area contributed by atoms with E-state index >= 15 is 0 Å². The molecule has 0 spiro atoms. The van der Waals surface area contributed by atoms with Gasteiger partial charge in [0.1, 0.15) is 18.1 Å². The second kappa shape index (κ2) is 9.84. The minimum atomic E-state index is -0.360. The fourth-order valence-corrected chi connectivity index (χ4v) is 3.85. The van der Waals surface area contributed by atoms with Crippen molar-refractivity contribution in [3.05, 3.63) is 76.5 Å². The number of nitrogens with one attached hydrogen (secondary N) is 1. The average Bonchev–Trinajstić information content (AvgIpc) is 3.30. The molecule has 1 fully saturated rings. The van der Waals surface area contributed by atoms with Crippen LogP contribution in [0.15, 0.2) is 63.9 Å². The molecule has 0 aliphatic carbocycles. The van der Waals surface area contributed by atoms with E-state index < -0.39 is 0 Å². The molecule has 7 nitrogen and oxygen atoms in total. The van der Waals surface area contributed by atoms with E-state index in [1.807, 2.05) is 68.6 Å². The third-order valence-corrected chi connectivity index (χ3v) is 5.71. The van der Waals surface area contributed by atoms with Gasteiger partial charge in [0.15, 0.2) is 0 Å². The first-order chi connectivity index (χ1) is 15.5. The Kier molecular flexibility index (Phi) is 6.72. The number of oxazole rings is 1. The second-order valence-corrected chi connectivity index (χ2v) is 8.41. The molecule has 1 saturated heterocycles. The number of hydrogen-bond acceptors (Lipinski definition) is 7. The fourth-order valence-electron chi connectivity index (χ4n) is 3.17. The Hall–Kier alpha value is -3.36. The first-order valence-electron chi connectivity index (χ1n) is 10.2. The van der Waals surface area contributed by atoms with Gasteiger partial charge in [0.2, 0.25) is 5.89 Å². The Morgan fingerprint density at radius 2 is 1.88 bits per heavy atom. The molecule has 1 aromatic heterocycles. The van der Waals surface area contributed by atoms with Crippen LogP contribution in [0.2, 0.25) is 0 Å². The van der Waals surface area contributed by atoms with Gasteiger partial charge in [0.25, 0.3) is 11.1 Å². The van der Waals surface area contributed by atoms with E-state index in [0.29, 0.717) is 23.9 Å². The highest BCUT2D eigenvalue weighted by atomic mass is 32.2. The van der Waals surface area contributed by atoms with E-state index in [4.69, 9.17) is 9.15 Å². The molecule has 1 aliphatic rings. The molecule has 2 aromatic carbocycles. The van der Waals surface area contributed by atoms with E-state index in [9.17, 15) is 9.59 Å². The van der Waals surface area contributed by atoms with Crippen LogP contribution >= 0.6 is 11.8 Å². The molecule has 0 atom stereocenters. The Balaban J connectivity index is 1.27. The first-order valence-corrected chi connectivity index (χ1v) is 11.0. The first kappa shape index (κ1) is 21.9. The molecule has 0 saturated carbocycles. The van der Waals surface area contributed by atoms with Crippen molar-refractivity contribution in [2.45, 2.75) is 13.5 Å². The van der Waals surface area contributed by atoms with Crippen molar-refractivity contribution >= 4 is 29.0 Å². The van der Waals surface area contributed by atoms with Gasteiger partial charge < -0.3 is 9.15 Å². The number of thioether (sulfide) groups is 1. The number of aryl methyl sites for hydroxylation is 1. The van der Waals surface area contributed by atoms with Gasteiger partial charge in [-0.2, -0.15) is 0 Å². The molecule has 164 valence electrons. The van der Waals surface area contributed by atoms with E-state index in [0.717, 1.165) is 46.6 Å².